The van der Waals surface area contributed by atoms with Gasteiger partial charge in [0.25, 0.3) is 5.91 Å². The summed E-state index contributed by atoms with van der Waals surface area (Å²) >= 11 is 0. The van der Waals surface area contributed by atoms with Crippen molar-refractivity contribution >= 4 is 22.9 Å². The van der Waals surface area contributed by atoms with Crippen LogP contribution in [0, 0.1) is 5.92 Å². The van der Waals surface area contributed by atoms with Gasteiger partial charge in [0, 0.05) is 36.7 Å². The van der Waals surface area contributed by atoms with Crippen LogP contribution in [0.5, 0.6) is 0 Å². The first kappa shape index (κ1) is 21.6. The standard InChI is InChI=1S/C26H29N3O4/c1-29(21-6-4-5-19(15-21)24(30)27-20-13-14-32-16-20)26(31)18-11-9-17(10-12-18)25-28-22-7-2-3-8-23(22)33-25/h2-3,7-12,19-21H,4-6,13-16H2,1H3,(H,27,30). The summed E-state index contributed by atoms with van der Waals surface area (Å²) in [4.78, 5) is 32.2. The molecule has 3 unspecified atom stereocenters. The van der Waals surface area contributed by atoms with Crippen molar-refractivity contribution in [1.82, 2.24) is 15.2 Å². The molecule has 3 aromatic rings. The predicted octanol–water partition coefficient (Wildman–Crippen LogP) is 4.03. The van der Waals surface area contributed by atoms with Gasteiger partial charge in [0.1, 0.15) is 5.52 Å². The Hall–Kier alpha value is -3.19. The first-order valence-corrected chi connectivity index (χ1v) is 11.7. The molecule has 1 N–H and O–H groups in total. The number of aromatic nitrogens is 1. The molecule has 2 amide bonds. The molecule has 2 heterocycles. The molecule has 7 nitrogen and oxygen atoms in total. The van der Waals surface area contributed by atoms with Gasteiger partial charge < -0.3 is 19.4 Å². The Morgan fingerprint density at radius 3 is 2.64 bits per heavy atom. The van der Waals surface area contributed by atoms with E-state index in [9.17, 15) is 9.59 Å². The van der Waals surface area contributed by atoms with E-state index in [1.54, 1.807) is 4.90 Å². The first-order chi connectivity index (χ1) is 16.1. The number of carbonyl (C=O) groups is 2. The molecule has 1 aliphatic heterocycles. The van der Waals surface area contributed by atoms with E-state index in [0.717, 1.165) is 42.3 Å². The number of amides is 2. The number of oxazole rings is 1. The summed E-state index contributed by atoms with van der Waals surface area (Å²) in [7, 11) is 1.84. The van der Waals surface area contributed by atoms with E-state index in [0.29, 0.717) is 31.1 Å². The Kier molecular flexibility index (Phi) is 6.13. The van der Waals surface area contributed by atoms with Crippen molar-refractivity contribution in [2.75, 3.05) is 20.3 Å². The second kappa shape index (κ2) is 9.35. The fourth-order valence-corrected chi connectivity index (χ4v) is 4.84. The van der Waals surface area contributed by atoms with E-state index in [-0.39, 0.29) is 29.8 Å². The van der Waals surface area contributed by atoms with Crippen LogP contribution in [0.25, 0.3) is 22.6 Å². The molecule has 0 radical (unpaired) electrons. The lowest BCUT2D eigenvalue weighted by molar-refractivity contribution is -0.127. The Morgan fingerprint density at radius 1 is 1.06 bits per heavy atom. The highest BCUT2D eigenvalue weighted by Crippen LogP contribution is 2.29. The van der Waals surface area contributed by atoms with Crippen molar-refractivity contribution < 1.29 is 18.7 Å². The molecule has 1 saturated heterocycles. The van der Waals surface area contributed by atoms with Crippen LogP contribution < -0.4 is 5.32 Å². The summed E-state index contributed by atoms with van der Waals surface area (Å²) in [6.07, 6.45) is 4.30. The molecule has 2 fully saturated rings. The SMILES string of the molecule is CN(C(=O)c1ccc(-c2nc3ccccc3o2)cc1)C1CCCC(C(=O)NC2CCOC2)C1. The number of ether oxygens (including phenoxy) is 1. The summed E-state index contributed by atoms with van der Waals surface area (Å²) in [6, 6.07) is 15.2. The van der Waals surface area contributed by atoms with Crippen molar-refractivity contribution in [3.63, 3.8) is 0 Å². The molecular weight excluding hydrogens is 418 g/mol. The minimum Gasteiger partial charge on any atom is -0.436 e. The molecule has 1 aromatic heterocycles. The highest BCUT2D eigenvalue weighted by atomic mass is 16.5. The molecule has 3 atom stereocenters. The Labute approximate surface area is 193 Å². The molecular formula is C26H29N3O4. The van der Waals surface area contributed by atoms with Crippen LogP contribution in [0.4, 0.5) is 0 Å². The van der Waals surface area contributed by atoms with Crippen molar-refractivity contribution in [2.24, 2.45) is 5.92 Å². The second-order valence-electron chi connectivity index (χ2n) is 9.07. The third kappa shape index (κ3) is 4.64. The number of rotatable bonds is 5. The summed E-state index contributed by atoms with van der Waals surface area (Å²) in [6.45, 7) is 1.31. The lowest BCUT2D eigenvalue weighted by Gasteiger charge is -2.35. The summed E-state index contributed by atoms with van der Waals surface area (Å²) in [5.74, 6) is 0.548. The zero-order chi connectivity index (χ0) is 22.8. The van der Waals surface area contributed by atoms with Gasteiger partial charge in [-0.2, -0.15) is 0 Å². The third-order valence-corrected chi connectivity index (χ3v) is 6.83. The highest BCUT2D eigenvalue weighted by molar-refractivity contribution is 5.94. The van der Waals surface area contributed by atoms with Gasteiger partial charge in [-0.05, 0) is 62.1 Å². The average Bonchev–Trinajstić information content (AvgIpc) is 3.53. The number of nitrogens with one attached hydrogen (secondary N) is 1. The van der Waals surface area contributed by atoms with Gasteiger partial charge in [0.2, 0.25) is 11.8 Å². The van der Waals surface area contributed by atoms with Gasteiger partial charge in [0.05, 0.1) is 12.6 Å². The summed E-state index contributed by atoms with van der Waals surface area (Å²) < 4.78 is 11.2. The fourth-order valence-electron chi connectivity index (χ4n) is 4.84. The minimum atomic E-state index is -0.0545. The minimum absolute atomic E-state index is 0.0330. The average molecular weight is 448 g/mol. The van der Waals surface area contributed by atoms with Crippen molar-refractivity contribution in [2.45, 2.75) is 44.2 Å². The van der Waals surface area contributed by atoms with Crippen molar-refractivity contribution in [1.29, 1.82) is 0 Å². The third-order valence-electron chi connectivity index (χ3n) is 6.83. The fraction of sp³-hybridized carbons (Fsp3) is 0.423. The molecule has 2 aromatic carbocycles. The Morgan fingerprint density at radius 2 is 1.88 bits per heavy atom. The zero-order valence-corrected chi connectivity index (χ0v) is 18.8. The van der Waals surface area contributed by atoms with Gasteiger partial charge in [-0.3, -0.25) is 9.59 Å². The molecule has 1 saturated carbocycles. The molecule has 2 aliphatic rings. The van der Waals surface area contributed by atoms with Gasteiger partial charge in [-0.1, -0.05) is 18.6 Å². The maximum atomic E-state index is 13.2. The number of hydrogen-bond acceptors (Lipinski definition) is 5. The predicted molar refractivity (Wildman–Crippen MR) is 125 cm³/mol. The van der Waals surface area contributed by atoms with Crippen LogP contribution in [0.2, 0.25) is 0 Å². The molecule has 0 spiro atoms. The van der Waals surface area contributed by atoms with E-state index in [1.165, 1.54) is 0 Å². The van der Waals surface area contributed by atoms with Gasteiger partial charge in [-0.25, -0.2) is 4.98 Å². The molecule has 5 rings (SSSR count). The van der Waals surface area contributed by atoms with Gasteiger partial charge in [-0.15, -0.1) is 0 Å². The van der Waals surface area contributed by atoms with Gasteiger partial charge >= 0.3 is 0 Å². The van der Waals surface area contributed by atoms with Crippen LogP contribution in [0.3, 0.4) is 0 Å². The molecule has 172 valence electrons. The number of benzene rings is 2. The molecule has 1 aliphatic carbocycles. The lowest BCUT2D eigenvalue weighted by Crippen LogP contribution is -2.45. The van der Waals surface area contributed by atoms with Crippen LogP contribution >= 0.6 is 0 Å². The lowest BCUT2D eigenvalue weighted by atomic mass is 9.84. The largest absolute Gasteiger partial charge is 0.436 e. The van der Waals surface area contributed by atoms with Crippen molar-refractivity contribution in [3.8, 4) is 11.5 Å². The van der Waals surface area contributed by atoms with Crippen LogP contribution in [-0.4, -0.2) is 54.0 Å². The van der Waals surface area contributed by atoms with E-state index >= 15 is 0 Å². The van der Waals surface area contributed by atoms with Gasteiger partial charge in [0.15, 0.2) is 5.58 Å². The van der Waals surface area contributed by atoms with Crippen LogP contribution in [-0.2, 0) is 9.53 Å². The number of nitrogens with zero attached hydrogens (tertiary/aromatic N) is 2. The van der Waals surface area contributed by atoms with Crippen LogP contribution in [0.15, 0.2) is 52.9 Å². The summed E-state index contributed by atoms with van der Waals surface area (Å²) in [5.41, 5.74) is 3.00. The monoisotopic (exact) mass is 447 g/mol. The normalized spacial score (nSPS) is 22.9. The van der Waals surface area contributed by atoms with Crippen molar-refractivity contribution in [3.05, 3.63) is 54.1 Å². The number of fused-ring (bicyclic) bond motifs is 1. The second-order valence-corrected chi connectivity index (χ2v) is 9.07. The zero-order valence-electron chi connectivity index (χ0n) is 18.8. The molecule has 33 heavy (non-hydrogen) atoms. The van der Waals surface area contributed by atoms with E-state index in [2.05, 4.69) is 10.3 Å². The van der Waals surface area contributed by atoms with Crippen LogP contribution in [0.1, 0.15) is 42.5 Å². The highest BCUT2D eigenvalue weighted by Gasteiger charge is 2.32. The number of carbonyl (C=O) groups excluding carboxylic acids is 2. The first-order valence-electron chi connectivity index (χ1n) is 11.7. The maximum absolute atomic E-state index is 13.2. The van der Waals surface area contributed by atoms with E-state index in [1.807, 2.05) is 55.6 Å². The topological polar surface area (TPSA) is 84.7 Å². The number of para-hydroxylation sites is 2. The summed E-state index contributed by atoms with van der Waals surface area (Å²) in [5, 5.41) is 3.12. The smallest absolute Gasteiger partial charge is 0.253 e. The molecule has 0 bridgehead atoms. The maximum Gasteiger partial charge on any atom is 0.253 e. The number of hydrogen-bond donors (Lipinski definition) is 1. The van der Waals surface area contributed by atoms with E-state index < -0.39 is 0 Å². The van der Waals surface area contributed by atoms with E-state index in [4.69, 9.17) is 9.15 Å². The quantitative estimate of drug-likeness (QED) is 0.638. The Balaban J connectivity index is 1.23. The molecule has 7 heteroatoms. The Bertz CT molecular complexity index is 1100.